The fourth-order valence-corrected chi connectivity index (χ4v) is 13.7. The average Bonchev–Trinajstić information content (AvgIpc) is 0.784. The van der Waals surface area contributed by atoms with Gasteiger partial charge in [-0.2, -0.15) is 0 Å². The summed E-state index contributed by atoms with van der Waals surface area (Å²) in [4.78, 5) is 13.5. The number of carbonyl (C=O) groups is 1. The van der Waals surface area contributed by atoms with E-state index >= 15 is 0 Å². The van der Waals surface area contributed by atoms with Gasteiger partial charge in [0.25, 0.3) is 0 Å². The SMILES string of the molecule is CCCCCCCCCCC/C=C/CC/C=C/CC/C=C/C(O)C(COC1OC(CO)C(OC2OC(CO)C(OC3OC(CO)C(O)C(O)C3O)C(O)C2O)C(O)C1O)NC(=O)CCCCCCCCCCCCCCCCCCCCCCCCCCCCCCCCCCCC. The molecule has 0 aromatic heterocycles. The molecule has 0 spiro atoms. The van der Waals surface area contributed by atoms with Crippen molar-refractivity contribution in [2.75, 3.05) is 26.4 Å². The lowest BCUT2D eigenvalue weighted by molar-refractivity contribution is -0.379. The summed E-state index contributed by atoms with van der Waals surface area (Å²) >= 11 is 0. The van der Waals surface area contributed by atoms with E-state index in [1.807, 2.05) is 6.08 Å². The van der Waals surface area contributed by atoms with Gasteiger partial charge in [-0.3, -0.25) is 4.79 Å². The Bertz CT molecular complexity index is 1910. The fraction of sp³-hybridized carbons (Fsp3) is 0.911. The Labute approximate surface area is 593 Å². The molecule has 12 N–H and O–H groups in total. The van der Waals surface area contributed by atoms with Crippen molar-refractivity contribution < 1.29 is 89.4 Å². The van der Waals surface area contributed by atoms with Crippen LogP contribution >= 0.6 is 0 Å². The first-order valence-corrected chi connectivity index (χ1v) is 40.2. The quantitative estimate of drug-likeness (QED) is 0.0199. The van der Waals surface area contributed by atoms with Crippen molar-refractivity contribution in [3.05, 3.63) is 36.5 Å². The molecular formula is C79H147NO18. The lowest BCUT2D eigenvalue weighted by Gasteiger charge is -2.48. The topological polar surface area (TPSA) is 307 Å². The fourth-order valence-electron chi connectivity index (χ4n) is 13.7. The molecular weight excluding hydrogens is 1250 g/mol. The number of hydrogen-bond donors (Lipinski definition) is 12. The third kappa shape index (κ3) is 40.3. The maximum Gasteiger partial charge on any atom is 0.220 e. The van der Waals surface area contributed by atoms with Gasteiger partial charge in [0.15, 0.2) is 18.9 Å². The third-order valence-corrected chi connectivity index (χ3v) is 20.2. The van der Waals surface area contributed by atoms with E-state index < -0.39 is 124 Å². The molecule has 19 heteroatoms. The van der Waals surface area contributed by atoms with Crippen molar-refractivity contribution in [3.8, 4) is 0 Å². The lowest BCUT2D eigenvalue weighted by Crippen LogP contribution is -2.66. The summed E-state index contributed by atoms with van der Waals surface area (Å²) in [7, 11) is 0. The third-order valence-electron chi connectivity index (χ3n) is 20.2. The van der Waals surface area contributed by atoms with Gasteiger partial charge in [0, 0.05) is 6.42 Å². The Morgan fingerprint density at radius 1 is 0.357 bits per heavy atom. The van der Waals surface area contributed by atoms with Crippen LogP contribution in [-0.4, -0.2) is 193 Å². The molecule has 17 unspecified atom stereocenters. The van der Waals surface area contributed by atoms with Gasteiger partial charge in [-0.15, -0.1) is 0 Å². The van der Waals surface area contributed by atoms with Crippen LogP contribution in [0.1, 0.15) is 328 Å². The Kier molecular flexibility index (Phi) is 55.5. The van der Waals surface area contributed by atoms with E-state index in [1.54, 1.807) is 6.08 Å². The Morgan fingerprint density at radius 2 is 0.653 bits per heavy atom. The van der Waals surface area contributed by atoms with E-state index in [0.29, 0.717) is 12.8 Å². The average molecular weight is 1400 g/mol. The van der Waals surface area contributed by atoms with E-state index in [-0.39, 0.29) is 18.9 Å². The second-order valence-corrected chi connectivity index (χ2v) is 28.9. The number of nitrogens with one attached hydrogen (secondary N) is 1. The van der Waals surface area contributed by atoms with Crippen LogP contribution < -0.4 is 5.32 Å². The van der Waals surface area contributed by atoms with Crippen LogP contribution in [-0.2, 0) is 33.2 Å². The zero-order chi connectivity index (χ0) is 71.1. The summed E-state index contributed by atoms with van der Waals surface area (Å²) in [5.41, 5.74) is 0. The molecule has 0 aromatic rings. The van der Waals surface area contributed by atoms with Crippen LogP contribution in [0.25, 0.3) is 0 Å². The van der Waals surface area contributed by atoms with Crippen LogP contribution in [0.3, 0.4) is 0 Å². The molecule has 0 aromatic carbocycles. The van der Waals surface area contributed by atoms with Crippen molar-refractivity contribution in [1.29, 1.82) is 0 Å². The highest BCUT2D eigenvalue weighted by Gasteiger charge is 2.54. The van der Waals surface area contributed by atoms with E-state index in [1.165, 1.54) is 250 Å². The minimum Gasteiger partial charge on any atom is -0.394 e. The van der Waals surface area contributed by atoms with Gasteiger partial charge in [0.1, 0.15) is 73.2 Å². The smallest absolute Gasteiger partial charge is 0.220 e. The van der Waals surface area contributed by atoms with Crippen LogP contribution in [0.5, 0.6) is 0 Å². The molecule has 3 aliphatic rings. The van der Waals surface area contributed by atoms with Crippen LogP contribution in [0.4, 0.5) is 0 Å². The van der Waals surface area contributed by atoms with Crippen LogP contribution in [0, 0.1) is 0 Å². The Morgan fingerprint density at radius 3 is 1.02 bits per heavy atom. The molecule has 0 aliphatic carbocycles. The number of unbranched alkanes of at least 4 members (excludes halogenated alkanes) is 44. The maximum absolute atomic E-state index is 13.5. The minimum absolute atomic E-state index is 0.236. The number of amides is 1. The van der Waals surface area contributed by atoms with Gasteiger partial charge in [-0.05, 0) is 44.9 Å². The largest absolute Gasteiger partial charge is 0.394 e. The van der Waals surface area contributed by atoms with Crippen LogP contribution in [0.15, 0.2) is 36.5 Å². The van der Waals surface area contributed by atoms with Gasteiger partial charge in [0.05, 0.1) is 38.6 Å². The molecule has 0 radical (unpaired) electrons. The van der Waals surface area contributed by atoms with E-state index in [4.69, 9.17) is 28.4 Å². The molecule has 3 saturated heterocycles. The molecule has 0 bridgehead atoms. The lowest BCUT2D eigenvalue weighted by atomic mass is 9.96. The Balaban J connectivity index is 1.35. The summed E-state index contributed by atoms with van der Waals surface area (Å²) in [5, 5.41) is 121. The van der Waals surface area contributed by atoms with Crippen molar-refractivity contribution >= 4 is 5.91 Å². The zero-order valence-electron chi connectivity index (χ0n) is 61.5. The number of hydrogen-bond acceptors (Lipinski definition) is 18. The molecule has 98 heavy (non-hydrogen) atoms. The molecule has 1 amide bonds. The number of aliphatic hydroxyl groups is 11. The predicted octanol–water partition coefficient (Wildman–Crippen LogP) is 13.1. The number of allylic oxidation sites excluding steroid dienone is 5. The maximum atomic E-state index is 13.5. The summed E-state index contributed by atoms with van der Waals surface area (Å²) in [5.74, 6) is -0.283. The molecule has 3 aliphatic heterocycles. The molecule has 17 atom stereocenters. The molecule has 576 valence electrons. The van der Waals surface area contributed by atoms with E-state index in [9.17, 15) is 61.0 Å². The molecule has 19 nitrogen and oxygen atoms in total. The first kappa shape index (κ1) is 90.2. The molecule has 3 heterocycles. The normalized spacial score (nSPS) is 26.9. The van der Waals surface area contributed by atoms with Gasteiger partial charge in [0.2, 0.25) is 5.91 Å². The second-order valence-electron chi connectivity index (χ2n) is 28.9. The molecule has 3 rings (SSSR count). The second kappa shape index (κ2) is 60.3. The predicted molar refractivity (Wildman–Crippen MR) is 388 cm³/mol. The van der Waals surface area contributed by atoms with Crippen molar-refractivity contribution in [3.63, 3.8) is 0 Å². The highest BCUT2D eigenvalue weighted by molar-refractivity contribution is 5.76. The van der Waals surface area contributed by atoms with Gasteiger partial charge < -0.3 is 89.9 Å². The molecule has 3 fully saturated rings. The van der Waals surface area contributed by atoms with E-state index in [0.717, 1.165) is 44.9 Å². The standard InChI is InChI=1S/C79H147NO18/c1-3-5-7-9-11-13-15-17-19-21-23-24-25-26-27-28-29-30-31-32-33-34-35-36-37-39-41-43-45-47-49-51-53-55-57-67(85)80-62(63(84)56-54-52-50-48-46-44-42-40-38-22-20-18-16-14-12-10-8-6-4-2)61-93-77-73(91)70(88)75(65(59-82)95-77)98-79-74(92)71(89)76(66(60-83)96-79)97-78-72(90)69(87)68(86)64(58-81)94-78/h38,40,46,48,54,56,62-66,68-79,81-84,86-92H,3-37,39,41-45,47,49-53,55,57-61H2,1-2H3,(H,80,85)/b40-38+,48-46+,56-54+. The monoisotopic (exact) mass is 1400 g/mol. The Hall–Kier alpha value is -1.99. The number of carbonyl (C=O) groups excluding carboxylic acids is 1. The number of ether oxygens (including phenoxy) is 6. The minimum atomic E-state index is -1.98. The summed E-state index contributed by atoms with van der Waals surface area (Å²) in [6.45, 7) is 1.75. The van der Waals surface area contributed by atoms with Gasteiger partial charge >= 0.3 is 0 Å². The van der Waals surface area contributed by atoms with Crippen LogP contribution in [0.2, 0.25) is 0 Å². The van der Waals surface area contributed by atoms with Crippen molar-refractivity contribution in [2.45, 2.75) is 433 Å². The highest BCUT2D eigenvalue weighted by atomic mass is 16.8. The van der Waals surface area contributed by atoms with E-state index in [2.05, 4.69) is 43.5 Å². The first-order valence-electron chi connectivity index (χ1n) is 40.2. The molecule has 0 saturated carbocycles. The van der Waals surface area contributed by atoms with Crippen molar-refractivity contribution in [2.24, 2.45) is 0 Å². The highest BCUT2D eigenvalue weighted by Crippen LogP contribution is 2.33. The van der Waals surface area contributed by atoms with Crippen molar-refractivity contribution in [1.82, 2.24) is 5.32 Å². The number of aliphatic hydroxyl groups excluding tert-OH is 11. The summed E-state index contributed by atoms with van der Waals surface area (Å²) in [6.07, 6.45) is 47.3. The summed E-state index contributed by atoms with van der Waals surface area (Å²) in [6, 6.07) is -0.995. The van der Waals surface area contributed by atoms with Gasteiger partial charge in [-0.1, -0.05) is 314 Å². The summed E-state index contributed by atoms with van der Waals surface area (Å²) < 4.78 is 34.4. The number of rotatable bonds is 64. The first-order chi connectivity index (χ1) is 47.8. The van der Waals surface area contributed by atoms with Gasteiger partial charge in [-0.25, -0.2) is 0 Å². The zero-order valence-corrected chi connectivity index (χ0v) is 61.5.